The van der Waals surface area contributed by atoms with Crippen molar-refractivity contribution >= 4 is 5.69 Å². The van der Waals surface area contributed by atoms with E-state index >= 15 is 0 Å². The van der Waals surface area contributed by atoms with Gasteiger partial charge in [-0.1, -0.05) is 25.5 Å². The fourth-order valence-corrected chi connectivity index (χ4v) is 2.60. The van der Waals surface area contributed by atoms with Crippen LogP contribution in [0, 0.1) is 0 Å². The lowest BCUT2D eigenvalue weighted by Crippen LogP contribution is -2.46. The number of unbranched alkanes of at least 4 members (excludes halogenated alkanes) is 1. The third kappa shape index (κ3) is 3.95. The fraction of sp³-hybridized carbons (Fsp3) is 0.625. The highest BCUT2D eigenvalue weighted by Crippen LogP contribution is 2.19. The minimum absolute atomic E-state index is 0.125. The van der Waals surface area contributed by atoms with Crippen LogP contribution >= 0.6 is 0 Å². The highest BCUT2D eigenvalue weighted by atomic mass is 15.3. The van der Waals surface area contributed by atoms with Crippen molar-refractivity contribution in [2.24, 2.45) is 5.73 Å². The van der Waals surface area contributed by atoms with Crippen molar-refractivity contribution in [3.63, 3.8) is 0 Å². The zero-order chi connectivity index (χ0) is 13.7. The summed E-state index contributed by atoms with van der Waals surface area (Å²) in [6.45, 7) is 10.2. The van der Waals surface area contributed by atoms with Gasteiger partial charge in [-0.05, 0) is 37.6 Å². The molecule has 1 aromatic rings. The van der Waals surface area contributed by atoms with E-state index in [2.05, 4.69) is 41.0 Å². The van der Waals surface area contributed by atoms with Crippen molar-refractivity contribution in [1.82, 2.24) is 4.90 Å². The number of anilines is 1. The number of hydrogen-bond acceptors (Lipinski definition) is 3. The molecule has 2 rings (SSSR count). The van der Waals surface area contributed by atoms with E-state index in [1.54, 1.807) is 0 Å². The zero-order valence-electron chi connectivity index (χ0n) is 12.3. The molecule has 0 amide bonds. The first-order chi connectivity index (χ1) is 9.20. The topological polar surface area (TPSA) is 32.5 Å². The maximum Gasteiger partial charge on any atom is 0.0367 e. The molecular formula is C16H27N3. The Balaban J connectivity index is 1.87. The van der Waals surface area contributed by atoms with Gasteiger partial charge in [0.05, 0.1) is 0 Å². The van der Waals surface area contributed by atoms with Crippen LogP contribution in [-0.2, 0) is 0 Å². The molecule has 1 atom stereocenters. The van der Waals surface area contributed by atoms with Gasteiger partial charge in [-0.3, -0.25) is 4.90 Å². The first kappa shape index (κ1) is 14.4. The fourth-order valence-electron chi connectivity index (χ4n) is 2.60. The van der Waals surface area contributed by atoms with Crippen LogP contribution < -0.4 is 10.6 Å². The summed E-state index contributed by atoms with van der Waals surface area (Å²) in [5, 5.41) is 0. The molecule has 0 aromatic heterocycles. The molecule has 3 heteroatoms. The van der Waals surface area contributed by atoms with Crippen LogP contribution in [0.2, 0.25) is 0 Å². The lowest BCUT2D eigenvalue weighted by molar-refractivity contribution is 0.254. The normalized spacial score (nSPS) is 18.6. The number of nitrogens with zero attached hydrogens (tertiary/aromatic N) is 2. The van der Waals surface area contributed by atoms with Gasteiger partial charge in [0.1, 0.15) is 0 Å². The summed E-state index contributed by atoms with van der Waals surface area (Å²) in [6, 6.07) is 8.85. The van der Waals surface area contributed by atoms with Crippen molar-refractivity contribution in [3.8, 4) is 0 Å². The molecular weight excluding hydrogens is 234 g/mol. The molecule has 1 saturated heterocycles. The molecule has 2 N–H and O–H groups in total. The minimum atomic E-state index is 0.125. The summed E-state index contributed by atoms with van der Waals surface area (Å²) >= 11 is 0. The van der Waals surface area contributed by atoms with Gasteiger partial charge < -0.3 is 10.6 Å². The number of nitrogens with two attached hydrogens (primary N) is 1. The molecule has 106 valence electrons. The van der Waals surface area contributed by atoms with Crippen LogP contribution in [0.25, 0.3) is 0 Å². The van der Waals surface area contributed by atoms with Crippen LogP contribution in [0.1, 0.15) is 38.3 Å². The molecule has 0 bridgehead atoms. The third-order valence-electron chi connectivity index (χ3n) is 3.98. The van der Waals surface area contributed by atoms with E-state index in [0.717, 1.165) is 13.1 Å². The Hall–Kier alpha value is -1.06. The lowest BCUT2D eigenvalue weighted by Gasteiger charge is -2.36. The van der Waals surface area contributed by atoms with E-state index in [0.29, 0.717) is 0 Å². The number of rotatable bonds is 5. The van der Waals surface area contributed by atoms with Crippen LogP contribution in [0.3, 0.4) is 0 Å². The van der Waals surface area contributed by atoms with Crippen LogP contribution in [-0.4, -0.2) is 37.6 Å². The SMILES string of the molecule is CCCCN1CCN(c2ccc(C(C)N)cc2)CC1. The average molecular weight is 261 g/mol. The molecule has 0 saturated carbocycles. The minimum Gasteiger partial charge on any atom is -0.369 e. The number of hydrogen-bond donors (Lipinski definition) is 1. The van der Waals surface area contributed by atoms with Gasteiger partial charge in [0.25, 0.3) is 0 Å². The second-order valence-corrected chi connectivity index (χ2v) is 5.56. The van der Waals surface area contributed by atoms with E-state index in [1.807, 2.05) is 6.92 Å². The molecule has 0 spiro atoms. The molecule has 1 unspecified atom stereocenters. The quantitative estimate of drug-likeness (QED) is 0.884. The smallest absolute Gasteiger partial charge is 0.0367 e. The molecule has 0 aliphatic carbocycles. The average Bonchev–Trinajstić information content (AvgIpc) is 2.46. The molecule has 1 fully saturated rings. The number of piperazine rings is 1. The van der Waals surface area contributed by atoms with Gasteiger partial charge in [0.2, 0.25) is 0 Å². The maximum atomic E-state index is 5.89. The summed E-state index contributed by atoms with van der Waals surface area (Å²) < 4.78 is 0. The van der Waals surface area contributed by atoms with Crippen LogP contribution in [0.5, 0.6) is 0 Å². The van der Waals surface area contributed by atoms with Gasteiger partial charge in [0.15, 0.2) is 0 Å². The van der Waals surface area contributed by atoms with E-state index < -0.39 is 0 Å². The first-order valence-corrected chi connectivity index (χ1v) is 7.53. The van der Waals surface area contributed by atoms with Crippen molar-refractivity contribution in [3.05, 3.63) is 29.8 Å². The largest absolute Gasteiger partial charge is 0.369 e. The standard InChI is InChI=1S/C16H27N3/c1-3-4-9-18-10-12-19(13-11-18)16-7-5-15(6-8-16)14(2)17/h5-8,14H,3-4,9-13,17H2,1-2H3. The van der Waals surface area contributed by atoms with Crippen molar-refractivity contribution in [1.29, 1.82) is 0 Å². The Morgan fingerprint density at radius 3 is 2.26 bits per heavy atom. The van der Waals surface area contributed by atoms with Gasteiger partial charge in [-0.15, -0.1) is 0 Å². The molecule has 1 aliphatic heterocycles. The van der Waals surface area contributed by atoms with Gasteiger partial charge >= 0.3 is 0 Å². The Kier molecular flexibility index (Phi) is 5.23. The first-order valence-electron chi connectivity index (χ1n) is 7.53. The Morgan fingerprint density at radius 1 is 1.11 bits per heavy atom. The monoisotopic (exact) mass is 261 g/mol. The molecule has 0 radical (unpaired) electrons. The van der Waals surface area contributed by atoms with E-state index in [9.17, 15) is 0 Å². The Labute approximate surface area is 117 Å². The van der Waals surface area contributed by atoms with Crippen LogP contribution in [0.4, 0.5) is 5.69 Å². The van der Waals surface area contributed by atoms with Gasteiger partial charge in [-0.2, -0.15) is 0 Å². The van der Waals surface area contributed by atoms with Crippen LogP contribution in [0.15, 0.2) is 24.3 Å². The van der Waals surface area contributed by atoms with E-state index in [1.165, 1.54) is 43.7 Å². The second-order valence-electron chi connectivity index (χ2n) is 5.56. The predicted molar refractivity (Wildman–Crippen MR) is 82.6 cm³/mol. The lowest BCUT2D eigenvalue weighted by atomic mass is 10.1. The molecule has 3 nitrogen and oxygen atoms in total. The summed E-state index contributed by atoms with van der Waals surface area (Å²) in [5.74, 6) is 0. The number of benzene rings is 1. The molecule has 1 aliphatic rings. The Morgan fingerprint density at radius 2 is 1.74 bits per heavy atom. The third-order valence-corrected chi connectivity index (χ3v) is 3.98. The highest BCUT2D eigenvalue weighted by Gasteiger charge is 2.16. The molecule has 1 aromatic carbocycles. The van der Waals surface area contributed by atoms with Gasteiger partial charge in [-0.25, -0.2) is 0 Å². The van der Waals surface area contributed by atoms with Crippen molar-refractivity contribution in [2.75, 3.05) is 37.6 Å². The highest BCUT2D eigenvalue weighted by molar-refractivity contribution is 5.48. The summed E-state index contributed by atoms with van der Waals surface area (Å²) in [6.07, 6.45) is 2.61. The maximum absolute atomic E-state index is 5.89. The zero-order valence-corrected chi connectivity index (χ0v) is 12.3. The summed E-state index contributed by atoms with van der Waals surface area (Å²) in [5.41, 5.74) is 8.43. The van der Waals surface area contributed by atoms with Crippen molar-refractivity contribution in [2.45, 2.75) is 32.7 Å². The Bertz CT molecular complexity index is 364. The predicted octanol–water partition coefficient (Wildman–Crippen LogP) is 2.63. The summed E-state index contributed by atoms with van der Waals surface area (Å²) in [7, 11) is 0. The van der Waals surface area contributed by atoms with Crippen molar-refractivity contribution < 1.29 is 0 Å². The summed E-state index contributed by atoms with van der Waals surface area (Å²) in [4.78, 5) is 5.06. The van der Waals surface area contributed by atoms with E-state index in [4.69, 9.17) is 5.73 Å². The van der Waals surface area contributed by atoms with E-state index in [-0.39, 0.29) is 6.04 Å². The molecule has 19 heavy (non-hydrogen) atoms. The molecule has 1 heterocycles. The second kappa shape index (κ2) is 6.92. The van der Waals surface area contributed by atoms with Gasteiger partial charge in [0, 0.05) is 37.9 Å².